The van der Waals surface area contributed by atoms with Crippen molar-refractivity contribution in [1.29, 1.82) is 0 Å². The number of halogens is 1. The van der Waals surface area contributed by atoms with Gasteiger partial charge in [-0.2, -0.15) is 0 Å². The van der Waals surface area contributed by atoms with E-state index < -0.39 is 0 Å². The van der Waals surface area contributed by atoms with Gasteiger partial charge in [0.05, 0.1) is 17.2 Å². The molecule has 0 spiro atoms. The Balaban J connectivity index is 2.71. The first-order chi connectivity index (χ1) is 8.06. The van der Waals surface area contributed by atoms with Crippen molar-refractivity contribution >= 4 is 23.3 Å². The number of ether oxygens (including phenoxy) is 1. The van der Waals surface area contributed by atoms with E-state index in [0.717, 1.165) is 0 Å². The number of likely N-dealkylation sites (N-methyl/N-ethyl adjacent to an activating group) is 1. The number of hydrogen-bond acceptors (Lipinski definition) is 4. The summed E-state index contributed by atoms with van der Waals surface area (Å²) < 4.78 is 5.18. The average molecular weight is 258 g/mol. The smallest absolute Gasteiger partial charge is 0.255 e. The van der Waals surface area contributed by atoms with Crippen LogP contribution in [0, 0.1) is 0 Å². The highest BCUT2D eigenvalue weighted by atomic mass is 35.5. The van der Waals surface area contributed by atoms with Crippen molar-refractivity contribution in [3.05, 3.63) is 22.8 Å². The summed E-state index contributed by atoms with van der Waals surface area (Å²) in [5, 5.41) is 0.299. The Kier molecular flexibility index (Phi) is 5.18. The third kappa shape index (κ3) is 3.87. The zero-order chi connectivity index (χ0) is 12.8. The van der Waals surface area contributed by atoms with Crippen LogP contribution in [0.1, 0.15) is 17.3 Å². The van der Waals surface area contributed by atoms with Gasteiger partial charge in [0.1, 0.15) is 5.82 Å². The fourth-order valence-electron chi connectivity index (χ4n) is 1.27. The lowest BCUT2D eigenvalue weighted by molar-refractivity contribution is 0.0710. The lowest BCUT2D eigenvalue weighted by Gasteiger charge is -2.17. The molecule has 0 radical (unpaired) electrons. The van der Waals surface area contributed by atoms with Crippen molar-refractivity contribution in [3.8, 4) is 0 Å². The quantitative estimate of drug-likeness (QED) is 0.810. The molecule has 1 rings (SSSR count). The fourth-order valence-corrected chi connectivity index (χ4v) is 1.46. The molecule has 0 aliphatic heterocycles. The highest BCUT2D eigenvalue weighted by molar-refractivity contribution is 6.33. The summed E-state index contributed by atoms with van der Waals surface area (Å²) in [6.07, 6.45) is 1.38. The Bertz CT molecular complexity index is 398. The number of amides is 1. The van der Waals surface area contributed by atoms with Crippen LogP contribution in [0.15, 0.2) is 12.3 Å². The Morgan fingerprint density at radius 3 is 3.00 bits per heavy atom. The van der Waals surface area contributed by atoms with Gasteiger partial charge in [0.2, 0.25) is 0 Å². The van der Waals surface area contributed by atoms with Gasteiger partial charge in [-0.15, -0.1) is 0 Å². The minimum atomic E-state index is -0.191. The van der Waals surface area contributed by atoms with Crippen LogP contribution in [0.25, 0.3) is 0 Å². The summed E-state index contributed by atoms with van der Waals surface area (Å²) in [6, 6.07) is 1.47. The second kappa shape index (κ2) is 6.42. The normalized spacial score (nSPS) is 10.3. The minimum Gasteiger partial charge on any atom is -0.384 e. The topological polar surface area (TPSA) is 68.5 Å². The van der Waals surface area contributed by atoms with Gasteiger partial charge in [-0.1, -0.05) is 11.6 Å². The molecule has 0 atom stereocenters. The largest absolute Gasteiger partial charge is 0.384 e. The molecule has 1 heterocycles. The molecule has 1 amide bonds. The molecule has 0 aliphatic carbocycles. The first kappa shape index (κ1) is 13.7. The number of anilines is 1. The zero-order valence-electron chi connectivity index (χ0n) is 9.94. The van der Waals surface area contributed by atoms with E-state index in [4.69, 9.17) is 22.1 Å². The van der Waals surface area contributed by atoms with Crippen LogP contribution in [0.3, 0.4) is 0 Å². The summed E-state index contributed by atoms with van der Waals surface area (Å²) in [4.78, 5) is 17.4. The number of aromatic nitrogens is 1. The van der Waals surface area contributed by atoms with Crippen molar-refractivity contribution in [2.45, 2.75) is 6.92 Å². The van der Waals surface area contributed by atoms with Crippen LogP contribution in [-0.2, 0) is 4.74 Å². The summed E-state index contributed by atoms with van der Waals surface area (Å²) >= 11 is 5.90. The average Bonchev–Trinajstić information content (AvgIpc) is 2.31. The van der Waals surface area contributed by atoms with Gasteiger partial charge < -0.3 is 15.4 Å². The van der Waals surface area contributed by atoms with E-state index in [0.29, 0.717) is 30.3 Å². The summed E-state index contributed by atoms with van der Waals surface area (Å²) in [6.45, 7) is 3.54. The molecule has 0 aliphatic rings. The van der Waals surface area contributed by atoms with Crippen molar-refractivity contribution < 1.29 is 9.53 Å². The number of nitrogens with zero attached hydrogens (tertiary/aromatic N) is 2. The van der Waals surface area contributed by atoms with Gasteiger partial charge >= 0.3 is 0 Å². The third-order valence-electron chi connectivity index (χ3n) is 2.23. The Labute approximate surface area is 106 Å². The van der Waals surface area contributed by atoms with Crippen molar-refractivity contribution in [3.63, 3.8) is 0 Å². The van der Waals surface area contributed by atoms with Crippen LogP contribution in [-0.4, -0.2) is 42.6 Å². The number of hydrogen-bond donors (Lipinski definition) is 1. The summed E-state index contributed by atoms with van der Waals surface area (Å²) in [5.74, 6) is 0.0831. The number of nitrogen functional groups attached to an aromatic ring is 1. The van der Waals surface area contributed by atoms with E-state index in [2.05, 4.69) is 4.98 Å². The van der Waals surface area contributed by atoms with Crippen LogP contribution in [0.4, 0.5) is 5.82 Å². The third-order valence-corrected chi connectivity index (χ3v) is 2.53. The predicted octanol–water partition coefficient (Wildman–Crippen LogP) is 1.43. The molecule has 0 saturated carbocycles. The molecule has 2 N–H and O–H groups in total. The second-order valence-corrected chi connectivity index (χ2v) is 3.92. The standard InChI is InChI=1S/C11H16ClN3O2/c1-3-17-5-4-15(2)11(16)8-6-10(13)14-7-9(8)12/h6-7H,3-5H2,1-2H3,(H2,13,14). The Morgan fingerprint density at radius 2 is 2.35 bits per heavy atom. The van der Waals surface area contributed by atoms with E-state index >= 15 is 0 Å². The van der Waals surface area contributed by atoms with E-state index in [1.165, 1.54) is 17.2 Å². The molecule has 5 nitrogen and oxygen atoms in total. The SMILES string of the molecule is CCOCCN(C)C(=O)c1cc(N)ncc1Cl. The maximum Gasteiger partial charge on any atom is 0.255 e. The van der Waals surface area contributed by atoms with E-state index in [-0.39, 0.29) is 11.7 Å². The van der Waals surface area contributed by atoms with Crippen LogP contribution in [0.5, 0.6) is 0 Å². The summed E-state index contributed by atoms with van der Waals surface area (Å²) in [7, 11) is 1.69. The number of pyridine rings is 1. The predicted molar refractivity (Wildman–Crippen MR) is 67.1 cm³/mol. The molecule has 1 aromatic heterocycles. The van der Waals surface area contributed by atoms with E-state index in [9.17, 15) is 4.79 Å². The Morgan fingerprint density at radius 1 is 1.65 bits per heavy atom. The molecule has 0 unspecified atom stereocenters. The van der Waals surface area contributed by atoms with Gasteiger partial charge in [0, 0.05) is 26.4 Å². The maximum absolute atomic E-state index is 12.0. The minimum absolute atomic E-state index is 0.191. The van der Waals surface area contributed by atoms with Crippen LogP contribution in [0.2, 0.25) is 5.02 Å². The lowest BCUT2D eigenvalue weighted by atomic mass is 10.2. The van der Waals surface area contributed by atoms with Crippen LogP contribution >= 0.6 is 11.6 Å². The van der Waals surface area contributed by atoms with Crippen molar-refractivity contribution in [2.24, 2.45) is 0 Å². The maximum atomic E-state index is 12.0. The number of carbonyl (C=O) groups excluding carboxylic acids is 1. The molecule has 6 heteroatoms. The Hall–Kier alpha value is -1.33. The number of nitrogens with two attached hydrogens (primary N) is 1. The first-order valence-corrected chi connectivity index (χ1v) is 5.68. The molecule has 0 aromatic carbocycles. The lowest BCUT2D eigenvalue weighted by Crippen LogP contribution is -2.30. The molecule has 0 fully saturated rings. The number of rotatable bonds is 5. The monoisotopic (exact) mass is 257 g/mol. The van der Waals surface area contributed by atoms with Crippen molar-refractivity contribution in [1.82, 2.24) is 9.88 Å². The second-order valence-electron chi connectivity index (χ2n) is 3.51. The van der Waals surface area contributed by atoms with E-state index in [1.807, 2.05) is 6.92 Å². The molecule has 0 saturated heterocycles. The van der Waals surface area contributed by atoms with Gasteiger partial charge in [-0.3, -0.25) is 4.79 Å². The van der Waals surface area contributed by atoms with Crippen LogP contribution < -0.4 is 5.73 Å². The molecule has 1 aromatic rings. The molecule has 17 heavy (non-hydrogen) atoms. The molecule has 0 bridgehead atoms. The van der Waals surface area contributed by atoms with Gasteiger partial charge in [-0.25, -0.2) is 4.98 Å². The molecule has 94 valence electrons. The zero-order valence-corrected chi connectivity index (χ0v) is 10.7. The van der Waals surface area contributed by atoms with Gasteiger partial charge in [0.25, 0.3) is 5.91 Å². The highest BCUT2D eigenvalue weighted by Gasteiger charge is 2.15. The highest BCUT2D eigenvalue weighted by Crippen LogP contribution is 2.17. The van der Waals surface area contributed by atoms with Gasteiger partial charge in [0.15, 0.2) is 0 Å². The van der Waals surface area contributed by atoms with E-state index in [1.54, 1.807) is 7.05 Å². The molecular formula is C11H16ClN3O2. The molecular weight excluding hydrogens is 242 g/mol. The first-order valence-electron chi connectivity index (χ1n) is 5.30. The van der Waals surface area contributed by atoms with Crippen molar-refractivity contribution in [2.75, 3.05) is 32.5 Å². The number of carbonyl (C=O) groups is 1. The van der Waals surface area contributed by atoms with Gasteiger partial charge in [-0.05, 0) is 13.0 Å². The fraction of sp³-hybridized carbons (Fsp3) is 0.455. The summed E-state index contributed by atoms with van der Waals surface area (Å²) in [5.41, 5.74) is 5.88.